The first-order chi connectivity index (χ1) is 30.2. The Labute approximate surface area is 353 Å². The molecule has 0 saturated heterocycles. The van der Waals surface area contributed by atoms with Gasteiger partial charge in [0.1, 0.15) is 5.82 Å². The second kappa shape index (κ2) is 13.3. The lowest BCUT2D eigenvalue weighted by Gasteiger charge is -2.13. The van der Waals surface area contributed by atoms with Gasteiger partial charge in [-0.1, -0.05) is 109 Å². The number of anilines is 2. The number of rotatable bonds is 6. The monoisotopic (exact) mass is 798 g/mol. The van der Waals surface area contributed by atoms with Gasteiger partial charge >= 0.3 is 0 Å². The third kappa shape index (κ3) is 5.21. The number of imidazole rings is 2. The molecule has 7 heteroatoms. The van der Waals surface area contributed by atoms with E-state index in [1.54, 1.807) is 0 Å². The summed E-state index contributed by atoms with van der Waals surface area (Å²) < 4.78 is 9.56. The summed E-state index contributed by atoms with van der Waals surface area (Å²) in [4.78, 5) is 10.3. The van der Waals surface area contributed by atoms with Crippen LogP contribution in [0.15, 0.2) is 200 Å². The highest BCUT2D eigenvalue weighted by molar-refractivity contribution is 7.25. The van der Waals surface area contributed by atoms with Crippen LogP contribution in [0.4, 0.5) is 11.5 Å². The van der Waals surface area contributed by atoms with Crippen molar-refractivity contribution in [3.05, 3.63) is 200 Å². The molecule has 8 aromatic carbocycles. The van der Waals surface area contributed by atoms with Gasteiger partial charge in [0.15, 0.2) is 0 Å². The van der Waals surface area contributed by atoms with E-state index in [4.69, 9.17) is 9.97 Å². The van der Waals surface area contributed by atoms with E-state index in [-0.39, 0.29) is 0 Å². The van der Waals surface area contributed by atoms with E-state index in [0.29, 0.717) is 0 Å². The van der Waals surface area contributed by atoms with Gasteiger partial charge in [-0.2, -0.15) is 0 Å². The Bertz CT molecular complexity index is 3870. The highest BCUT2D eigenvalue weighted by atomic mass is 32.1. The fourth-order valence-corrected chi connectivity index (χ4v) is 10.4. The predicted octanol–water partition coefficient (Wildman–Crippen LogP) is 14.4. The number of fused-ring (bicyclic) bond motifs is 11. The molecule has 5 aromatic heterocycles. The van der Waals surface area contributed by atoms with Crippen LogP contribution < -0.4 is 5.32 Å². The van der Waals surface area contributed by atoms with Crippen molar-refractivity contribution in [1.82, 2.24) is 23.5 Å². The lowest BCUT2D eigenvalue weighted by atomic mass is 10.0. The largest absolute Gasteiger partial charge is 0.340 e. The van der Waals surface area contributed by atoms with Gasteiger partial charge in [0.2, 0.25) is 5.78 Å². The molecule has 13 aromatic rings. The maximum Gasteiger partial charge on any atom is 0.220 e. The highest BCUT2D eigenvalue weighted by Gasteiger charge is 2.22. The summed E-state index contributed by atoms with van der Waals surface area (Å²) in [6.07, 6.45) is 0. The Morgan fingerprint density at radius 1 is 0.443 bits per heavy atom. The number of nitrogens with zero attached hydrogens (tertiary/aromatic N) is 5. The first-order valence-corrected chi connectivity index (χ1v) is 21.3. The van der Waals surface area contributed by atoms with Crippen LogP contribution in [0.3, 0.4) is 0 Å². The molecule has 0 spiro atoms. The van der Waals surface area contributed by atoms with Crippen LogP contribution in [0.25, 0.3) is 104 Å². The number of nitrogens with one attached hydrogen (secondary N) is 1. The summed E-state index contributed by atoms with van der Waals surface area (Å²) in [6, 6.07) is 71.2. The van der Waals surface area contributed by atoms with Crippen LogP contribution in [0, 0.1) is 0 Å². The molecule has 0 saturated carbocycles. The summed E-state index contributed by atoms with van der Waals surface area (Å²) >= 11 is 1.83. The Balaban J connectivity index is 0.949. The Hall–Kier alpha value is -8.00. The number of benzene rings is 8. The fourth-order valence-electron chi connectivity index (χ4n) is 9.38. The lowest BCUT2D eigenvalue weighted by Crippen LogP contribution is -1.97. The van der Waals surface area contributed by atoms with Gasteiger partial charge < -0.3 is 9.88 Å². The predicted molar refractivity (Wildman–Crippen MR) is 255 cm³/mol. The van der Waals surface area contributed by atoms with Gasteiger partial charge in [-0.25, -0.2) is 9.97 Å². The van der Waals surface area contributed by atoms with Crippen molar-refractivity contribution in [1.29, 1.82) is 0 Å². The van der Waals surface area contributed by atoms with Crippen molar-refractivity contribution in [2.24, 2.45) is 0 Å². The Kier molecular flexibility index (Phi) is 7.37. The summed E-state index contributed by atoms with van der Waals surface area (Å²) in [7, 11) is 0. The van der Waals surface area contributed by atoms with Gasteiger partial charge in [-0.3, -0.25) is 8.97 Å². The molecule has 0 bridgehead atoms. The Morgan fingerprint density at radius 3 is 2.05 bits per heavy atom. The van der Waals surface area contributed by atoms with Crippen LogP contribution in [-0.2, 0) is 0 Å². The number of aromatic nitrogens is 5. The molecule has 13 rings (SSSR count). The molecule has 0 aliphatic heterocycles. The molecule has 61 heavy (non-hydrogen) atoms. The van der Waals surface area contributed by atoms with E-state index in [0.717, 1.165) is 84.1 Å². The van der Waals surface area contributed by atoms with Crippen LogP contribution in [0.5, 0.6) is 0 Å². The summed E-state index contributed by atoms with van der Waals surface area (Å²) in [6.45, 7) is 0. The van der Waals surface area contributed by atoms with Gasteiger partial charge in [-0.15, -0.1) is 11.3 Å². The van der Waals surface area contributed by atoms with Crippen LogP contribution >= 0.6 is 11.3 Å². The van der Waals surface area contributed by atoms with Gasteiger partial charge in [0.05, 0.1) is 44.5 Å². The van der Waals surface area contributed by atoms with Crippen molar-refractivity contribution in [3.63, 3.8) is 0 Å². The zero-order chi connectivity index (χ0) is 40.0. The van der Waals surface area contributed by atoms with Crippen molar-refractivity contribution in [3.8, 4) is 33.8 Å². The molecular formula is C54H34N6S. The zero-order valence-electron chi connectivity index (χ0n) is 32.7. The normalized spacial score (nSPS) is 11.9. The van der Waals surface area contributed by atoms with Crippen LogP contribution in [-0.4, -0.2) is 23.5 Å². The molecular weight excluding hydrogens is 765 g/mol. The van der Waals surface area contributed by atoms with E-state index < -0.39 is 0 Å². The first kappa shape index (κ1) is 33.9. The molecule has 1 N–H and O–H groups in total. The van der Waals surface area contributed by atoms with Gasteiger partial charge in [0.25, 0.3) is 0 Å². The number of hydrogen-bond donors (Lipinski definition) is 1. The smallest absolute Gasteiger partial charge is 0.220 e. The topological polar surface area (TPSA) is 52.1 Å². The van der Waals surface area contributed by atoms with Crippen molar-refractivity contribution >= 4 is 92.7 Å². The molecule has 6 nitrogen and oxygen atoms in total. The van der Waals surface area contributed by atoms with E-state index >= 15 is 0 Å². The van der Waals surface area contributed by atoms with Crippen LogP contribution in [0.2, 0.25) is 0 Å². The Morgan fingerprint density at radius 2 is 1.15 bits per heavy atom. The maximum atomic E-state index is 5.22. The maximum absolute atomic E-state index is 5.22. The number of para-hydroxylation sites is 6. The van der Waals surface area contributed by atoms with Crippen molar-refractivity contribution in [2.45, 2.75) is 0 Å². The molecule has 286 valence electrons. The van der Waals surface area contributed by atoms with Crippen LogP contribution in [0.1, 0.15) is 0 Å². The SMILES string of the molecule is c1ccc(-c2ccccc2Nc2cccc(-c3ccc4sc5ccc(-n6c7ccccc7c7c(-n8c9ccccc9n9c%10ccccc%10nc89)cccc76)cc5c4c3)n2)cc1. The van der Waals surface area contributed by atoms with Crippen molar-refractivity contribution in [2.75, 3.05) is 5.32 Å². The van der Waals surface area contributed by atoms with E-state index in [1.807, 2.05) is 23.5 Å². The standard InChI is InChI=1S/C54H34N6S/c1-2-14-34(15-3-1)37-16-4-6-18-42(37)56-52-27-12-20-41(55-52)35-28-30-50-39(32-35)40-33-36(29-31-51(40)61-50)58-44-21-8-5-17-38(44)53-48(58)25-13-26-49(53)60-47-24-11-10-23-46(47)59-45-22-9-7-19-43(45)57-54(59)60/h1-33H,(H,55,56). The molecule has 0 unspecified atom stereocenters. The zero-order valence-corrected chi connectivity index (χ0v) is 33.5. The minimum atomic E-state index is 0.804. The van der Waals surface area contributed by atoms with E-state index in [1.165, 1.54) is 30.9 Å². The molecule has 0 amide bonds. The third-order valence-corrected chi connectivity index (χ3v) is 13.2. The second-order valence-corrected chi connectivity index (χ2v) is 16.6. The van der Waals surface area contributed by atoms with Gasteiger partial charge in [-0.05, 0) is 96.6 Å². The summed E-state index contributed by atoms with van der Waals surface area (Å²) in [5.41, 5.74) is 14.2. The summed E-state index contributed by atoms with van der Waals surface area (Å²) in [5.74, 6) is 1.71. The lowest BCUT2D eigenvalue weighted by molar-refractivity contribution is 1.12. The third-order valence-electron chi connectivity index (χ3n) is 12.1. The van der Waals surface area contributed by atoms with Gasteiger partial charge in [0, 0.05) is 53.4 Å². The minimum Gasteiger partial charge on any atom is -0.340 e. The minimum absolute atomic E-state index is 0.804. The van der Waals surface area contributed by atoms with Crippen molar-refractivity contribution < 1.29 is 0 Å². The number of hydrogen-bond acceptors (Lipinski definition) is 4. The molecule has 0 aliphatic carbocycles. The second-order valence-electron chi connectivity index (χ2n) is 15.5. The molecule has 0 radical (unpaired) electrons. The number of pyridine rings is 1. The fraction of sp³-hybridized carbons (Fsp3) is 0. The average Bonchev–Trinajstić information content (AvgIpc) is 4.06. The first-order valence-electron chi connectivity index (χ1n) is 20.5. The number of thiophene rings is 1. The van der Waals surface area contributed by atoms with E-state index in [2.05, 4.69) is 207 Å². The molecule has 0 fully saturated rings. The van der Waals surface area contributed by atoms with E-state index in [9.17, 15) is 0 Å². The molecule has 0 atom stereocenters. The average molecular weight is 799 g/mol. The molecule has 5 heterocycles. The summed E-state index contributed by atoms with van der Waals surface area (Å²) in [5, 5.41) is 8.46. The highest BCUT2D eigenvalue weighted by Crippen LogP contribution is 2.42. The molecule has 0 aliphatic rings. The quantitative estimate of drug-likeness (QED) is 0.182.